The summed E-state index contributed by atoms with van der Waals surface area (Å²) in [4.78, 5) is 0. The summed E-state index contributed by atoms with van der Waals surface area (Å²) >= 11 is 3.55. The van der Waals surface area contributed by atoms with E-state index in [4.69, 9.17) is 4.42 Å². The molecule has 1 unspecified atom stereocenters. The normalized spacial score (nSPS) is 12.7. The second-order valence-electron chi connectivity index (χ2n) is 5.03. The van der Waals surface area contributed by atoms with Crippen molar-refractivity contribution in [3.63, 3.8) is 0 Å². The maximum atomic E-state index is 6.05. The Hall–Kier alpha value is -1.06. The molecule has 0 bridgehead atoms. The zero-order chi connectivity index (χ0) is 14.4. The van der Waals surface area contributed by atoms with E-state index >= 15 is 0 Å². The van der Waals surface area contributed by atoms with E-state index in [1.54, 1.807) is 0 Å². The van der Waals surface area contributed by atoms with Crippen molar-refractivity contribution in [3.05, 3.63) is 47.2 Å². The summed E-state index contributed by atoms with van der Waals surface area (Å²) in [6.45, 7) is 6.98. The number of rotatable bonds is 8. The SMILES string of the molecule is C=CCCCC(NCCC)c1cc2cccc(Br)c2o1. The molecule has 0 fully saturated rings. The summed E-state index contributed by atoms with van der Waals surface area (Å²) < 4.78 is 7.07. The average molecular weight is 336 g/mol. The second kappa shape index (κ2) is 7.65. The number of fused-ring (bicyclic) bond motifs is 1. The van der Waals surface area contributed by atoms with Gasteiger partial charge in [0.15, 0.2) is 0 Å². The van der Waals surface area contributed by atoms with Crippen molar-refractivity contribution in [1.29, 1.82) is 0 Å². The third-order valence-electron chi connectivity index (χ3n) is 3.40. The second-order valence-corrected chi connectivity index (χ2v) is 5.89. The van der Waals surface area contributed by atoms with E-state index in [2.05, 4.69) is 46.9 Å². The number of allylic oxidation sites excluding steroid dienone is 1. The van der Waals surface area contributed by atoms with Crippen LogP contribution in [0.3, 0.4) is 0 Å². The van der Waals surface area contributed by atoms with Crippen LogP contribution in [0.15, 0.2) is 45.8 Å². The monoisotopic (exact) mass is 335 g/mol. The highest BCUT2D eigenvalue weighted by atomic mass is 79.9. The van der Waals surface area contributed by atoms with Crippen molar-refractivity contribution in [2.45, 2.75) is 38.6 Å². The van der Waals surface area contributed by atoms with Crippen LogP contribution in [0.4, 0.5) is 0 Å². The Bertz CT molecular complexity index is 561. The number of hydrogen-bond acceptors (Lipinski definition) is 2. The molecule has 0 saturated heterocycles. The van der Waals surface area contributed by atoms with Crippen molar-refractivity contribution in [2.75, 3.05) is 6.54 Å². The standard InChI is InChI=1S/C17H22BrNO/c1-3-5-6-10-15(19-11-4-2)16-12-13-8-7-9-14(18)17(13)20-16/h3,7-9,12,15,19H,1,4-6,10-11H2,2H3. The van der Waals surface area contributed by atoms with Gasteiger partial charge in [0.2, 0.25) is 0 Å². The van der Waals surface area contributed by atoms with Gasteiger partial charge in [0.05, 0.1) is 10.5 Å². The molecule has 2 nitrogen and oxygen atoms in total. The number of nitrogens with one attached hydrogen (secondary N) is 1. The van der Waals surface area contributed by atoms with Gasteiger partial charge in [0, 0.05) is 5.39 Å². The predicted molar refractivity (Wildman–Crippen MR) is 89.0 cm³/mol. The summed E-state index contributed by atoms with van der Waals surface area (Å²) in [7, 11) is 0. The summed E-state index contributed by atoms with van der Waals surface area (Å²) in [5, 5.41) is 4.74. The lowest BCUT2D eigenvalue weighted by Gasteiger charge is -2.15. The molecule has 0 radical (unpaired) electrons. The number of furan rings is 1. The quantitative estimate of drug-likeness (QED) is 0.502. The minimum atomic E-state index is 0.286. The molecular formula is C17H22BrNO. The average Bonchev–Trinajstić information content (AvgIpc) is 2.88. The number of para-hydroxylation sites is 1. The molecule has 1 aromatic carbocycles. The maximum absolute atomic E-state index is 6.05. The third kappa shape index (κ3) is 3.74. The largest absolute Gasteiger partial charge is 0.458 e. The third-order valence-corrected chi connectivity index (χ3v) is 4.02. The summed E-state index contributed by atoms with van der Waals surface area (Å²) in [6, 6.07) is 8.59. The van der Waals surface area contributed by atoms with Crippen LogP contribution in [0.5, 0.6) is 0 Å². The van der Waals surface area contributed by atoms with Crippen LogP contribution in [-0.4, -0.2) is 6.54 Å². The molecule has 2 aromatic rings. The Morgan fingerprint density at radius 2 is 2.30 bits per heavy atom. The van der Waals surface area contributed by atoms with Crippen molar-refractivity contribution < 1.29 is 4.42 Å². The number of halogens is 1. The van der Waals surface area contributed by atoms with E-state index in [9.17, 15) is 0 Å². The molecule has 1 atom stereocenters. The first kappa shape index (κ1) is 15.3. The van der Waals surface area contributed by atoms with Gasteiger partial charge in [-0.05, 0) is 60.3 Å². The zero-order valence-electron chi connectivity index (χ0n) is 12.0. The Balaban J connectivity index is 2.20. The fourth-order valence-electron chi connectivity index (χ4n) is 2.35. The highest BCUT2D eigenvalue weighted by Gasteiger charge is 2.16. The molecule has 0 spiro atoms. The topological polar surface area (TPSA) is 25.2 Å². The number of hydrogen-bond donors (Lipinski definition) is 1. The Labute approximate surface area is 129 Å². The van der Waals surface area contributed by atoms with Crippen LogP contribution in [0.2, 0.25) is 0 Å². The highest BCUT2D eigenvalue weighted by molar-refractivity contribution is 9.10. The molecule has 0 amide bonds. The van der Waals surface area contributed by atoms with Crippen LogP contribution in [0, 0.1) is 0 Å². The van der Waals surface area contributed by atoms with Gasteiger partial charge in [0.1, 0.15) is 11.3 Å². The highest BCUT2D eigenvalue weighted by Crippen LogP contribution is 2.31. The summed E-state index contributed by atoms with van der Waals surface area (Å²) in [5.74, 6) is 1.03. The van der Waals surface area contributed by atoms with Gasteiger partial charge in [-0.3, -0.25) is 0 Å². The Kier molecular flexibility index (Phi) is 5.86. The zero-order valence-corrected chi connectivity index (χ0v) is 13.6. The van der Waals surface area contributed by atoms with Gasteiger partial charge in [-0.15, -0.1) is 6.58 Å². The predicted octanol–water partition coefficient (Wildman–Crippen LogP) is 5.59. The van der Waals surface area contributed by atoms with Gasteiger partial charge in [-0.25, -0.2) is 0 Å². The molecule has 0 saturated carbocycles. The van der Waals surface area contributed by atoms with Gasteiger partial charge in [-0.1, -0.05) is 25.1 Å². The van der Waals surface area contributed by atoms with E-state index in [0.29, 0.717) is 0 Å². The first-order chi connectivity index (χ1) is 9.76. The minimum Gasteiger partial charge on any atom is -0.458 e. The van der Waals surface area contributed by atoms with E-state index < -0.39 is 0 Å². The van der Waals surface area contributed by atoms with E-state index in [1.807, 2.05) is 18.2 Å². The van der Waals surface area contributed by atoms with Crippen LogP contribution >= 0.6 is 15.9 Å². The molecule has 0 aliphatic heterocycles. The molecule has 1 N–H and O–H groups in total. The minimum absolute atomic E-state index is 0.286. The summed E-state index contributed by atoms with van der Waals surface area (Å²) in [6.07, 6.45) is 6.36. The smallest absolute Gasteiger partial charge is 0.148 e. The molecule has 1 aromatic heterocycles. The van der Waals surface area contributed by atoms with Crippen molar-refractivity contribution in [3.8, 4) is 0 Å². The lowest BCUT2D eigenvalue weighted by atomic mass is 10.1. The molecule has 0 aliphatic carbocycles. The van der Waals surface area contributed by atoms with E-state index in [1.165, 1.54) is 0 Å². The van der Waals surface area contributed by atoms with Crippen molar-refractivity contribution >= 4 is 26.9 Å². The van der Waals surface area contributed by atoms with E-state index in [-0.39, 0.29) is 6.04 Å². The van der Waals surface area contributed by atoms with Crippen LogP contribution in [-0.2, 0) is 0 Å². The van der Waals surface area contributed by atoms with Crippen LogP contribution in [0.25, 0.3) is 11.0 Å². The molecule has 108 valence electrons. The van der Waals surface area contributed by atoms with Crippen LogP contribution in [0.1, 0.15) is 44.4 Å². The van der Waals surface area contributed by atoms with Crippen LogP contribution < -0.4 is 5.32 Å². The fourth-order valence-corrected chi connectivity index (χ4v) is 2.81. The maximum Gasteiger partial charge on any atom is 0.148 e. The lowest BCUT2D eigenvalue weighted by molar-refractivity contribution is 0.403. The van der Waals surface area contributed by atoms with Gasteiger partial charge in [-0.2, -0.15) is 0 Å². The Morgan fingerprint density at radius 1 is 1.45 bits per heavy atom. The van der Waals surface area contributed by atoms with Gasteiger partial charge >= 0.3 is 0 Å². The molecule has 1 heterocycles. The van der Waals surface area contributed by atoms with Crippen molar-refractivity contribution in [2.24, 2.45) is 0 Å². The lowest BCUT2D eigenvalue weighted by Crippen LogP contribution is -2.21. The molecule has 0 aliphatic rings. The fraction of sp³-hybridized carbons (Fsp3) is 0.412. The van der Waals surface area contributed by atoms with Gasteiger partial charge in [0.25, 0.3) is 0 Å². The number of unbranched alkanes of at least 4 members (excludes halogenated alkanes) is 1. The molecule has 2 rings (SSSR count). The van der Waals surface area contributed by atoms with E-state index in [0.717, 1.165) is 53.4 Å². The Morgan fingerprint density at radius 3 is 3.00 bits per heavy atom. The van der Waals surface area contributed by atoms with Gasteiger partial charge < -0.3 is 9.73 Å². The van der Waals surface area contributed by atoms with Crippen molar-refractivity contribution in [1.82, 2.24) is 5.32 Å². The molecule has 20 heavy (non-hydrogen) atoms. The molecule has 3 heteroatoms. The summed E-state index contributed by atoms with van der Waals surface area (Å²) in [5.41, 5.74) is 0.939. The number of benzene rings is 1. The first-order valence-corrected chi connectivity index (χ1v) is 8.07. The first-order valence-electron chi connectivity index (χ1n) is 7.28. The molecular weight excluding hydrogens is 314 g/mol.